The second kappa shape index (κ2) is 7.59. The first-order valence-corrected chi connectivity index (χ1v) is 8.44. The van der Waals surface area contributed by atoms with Crippen LogP contribution in [0.15, 0.2) is 43.0 Å². The number of carbonyl (C=O) groups excluding carboxylic acids is 3. The molecule has 0 aromatic heterocycles. The highest BCUT2D eigenvalue weighted by atomic mass is 19.1. The molecule has 3 rings (SSSR count). The number of nitrogens with one attached hydrogen (secondary N) is 2. The molecule has 144 valence electrons. The van der Waals surface area contributed by atoms with Crippen LogP contribution < -0.4 is 10.6 Å². The Bertz CT molecular complexity index is 969. The smallest absolute Gasteiger partial charge is 0.258 e. The predicted octanol–water partition coefficient (Wildman–Crippen LogP) is 3.38. The Hall–Kier alpha value is -3.55. The highest BCUT2D eigenvalue weighted by molar-refractivity contribution is 6.09. The molecule has 8 heteroatoms. The van der Waals surface area contributed by atoms with Gasteiger partial charge in [-0.3, -0.25) is 14.4 Å². The summed E-state index contributed by atoms with van der Waals surface area (Å²) in [5, 5.41) is 4.54. The Kier molecular flexibility index (Phi) is 5.21. The minimum atomic E-state index is -0.978. The summed E-state index contributed by atoms with van der Waals surface area (Å²) in [4.78, 5) is 37.1. The van der Waals surface area contributed by atoms with Gasteiger partial charge in [0.05, 0.1) is 11.4 Å². The van der Waals surface area contributed by atoms with Gasteiger partial charge in [0, 0.05) is 42.8 Å². The summed E-state index contributed by atoms with van der Waals surface area (Å²) in [5.74, 6) is -3.30. The van der Waals surface area contributed by atoms with Gasteiger partial charge in [0.1, 0.15) is 11.6 Å². The van der Waals surface area contributed by atoms with Crippen LogP contribution in [0.3, 0.4) is 0 Å². The Morgan fingerprint density at radius 2 is 1.64 bits per heavy atom. The van der Waals surface area contributed by atoms with Crippen LogP contribution >= 0.6 is 0 Å². The van der Waals surface area contributed by atoms with Crippen molar-refractivity contribution in [1.29, 1.82) is 0 Å². The van der Waals surface area contributed by atoms with Gasteiger partial charge in [-0.1, -0.05) is 24.8 Å². The maximum absolute atomic E-state index is 13.9. The van der Waals surface area contributed by atoms with Crippen molar-refractivity contribution in [2.45, 2.75) is 13.3 Å². The minimum Gasteiger partial charge on any atom is -0.324 e. The van der Waals surface area contributed by atoms with Crippen molar-refractivity contribution in [3.63, 3.8) is 0 Å². The molecule has 0 saturated heterocycles. The standard InChI is InChI=1S/C20H17F2N3O3/c1-11-13-5-3-4-6-14(13)20(28)25(11)8-7-19(27)24-18-10-17(23-12(2)26)15(21)9-16(18)22/h3-6,9-10H,1,7-8H2,2H3,(H,23,26)(H,24,27). The van der Waals surface area contributed by atoms with Gasteiger partial charge < -0.3 is 15.5 Å². The largest absolute Gasteiger partial charge is 0.324 e. The van der Waals surface area contributed by atoms with E-state index in [2.05, 4.69) is 17.2 Å². The molecular formula is C20H17F2N3O3. The Labute approximate surface area is 159 Å². The van der Waals surface area contributed by atoms with Crippen LogP contribution in [0.4, 0.5) is 20.2 Å². The lowest BCUT2D eigenvalue weighted by molar-refractivity contribution is -0.116. The topological polar surface area (TPSA) is 78.5 Å². The fourth-order valence-electron chi connectivity index (χ4n) is 2.93. The van der Waals surface area contributed by atoms with E-state index in [0.717, 1.165) is 6.07 Å². The molecule has 1 aliphatic rings. The third-order valence-electron chi connectivity index (χ3n) is 4.24. The molecule has 1 heterocycles. The average molecular weight is 385 g/mol. The van der Waals surface area contributed by atoms with Gasteiger partial charge in [0.25, 0.3) is 5.91 Å². The van der Waals surface area contributed by atoms with Crippen LogP contribution in [0, 0.1) is 11.6 Å². The molecule has 0 bridgehead atoms. The molecule has 6 nitrogen and oxygen atoms in total. The number of anilines is 2. The lowest BCUT2D eigenvalue weighted by atomic mass is 10.1. The number of nitrogens with zero attached hydrogens (tertiary/aromatic N) is 1. The van der Waals surface area contributed by atoms with Crippen molar-refractivity contribution >= 4 is 34.8 Å². The van der Waals surface area contributed by atoms with Crippen LogP contribution in [-0.2, 0) is 9.59 Å². The zero-order valence-corrected chi connectivity index (χ0v) is 15.0. The summed E-state index contributed by atoms with van der Waals surface area (Å²) in [5.41, 5.74) is 1.19. The van der Waals surface area contributed by atoms with Crippen molar-refractivity contribution in [1.82, 2.24) is 4.90 Å². The summed E-state index contributed by atoms with van der Waals surface area (Å²) in [6.07, 6.45) is -0.120. The van der Waals surface area contributed by atoms with Crippen molar-refractivity contribution in [3.8, 4) is 0 Å². The van der Waals surface area contributed by atoms with E-state index in [9.17, 15) is 23.2 Å². The third kappa shape index (κ3) is 3.75. The normalized spacial score (nSPS) is 12.8. The van der Waals surface area contributed by atoms with Crippen LogP contribution in [-0.4, -0.2) is 29.2 Å². The molecule has 0 saturated carbocycles. The van der Waals surface area contributed by atoms with E-state index in [1.165, 1.54) is 11.8 Å². The van der Waals surface area contributed by atoms with Gasteiger partial charge in [-0.25, -0.2) is 8.78 Å². The Morgan fingerprint density at radius 1 is 1.04 bits per heavy atom. The quantitative estimate of drug-likeness (QED) is 0.828. The van der Waals surface area contributed by atoms with Gasteiger partial charge >= 0.3 is 0 Å². The summed E-state index contributed by atoms with van der Waals surface area (Å²) in [6, 6.07) is 8.55. The summed E-state index contributed by atoms with van der Waals surface area (Å²) in [7, 11) is 0. The van der Waals surface area contributed by atoms with E-state index >= 15 is 0 Å². The minimum absolute atomic E-state index is 0.0551. The van der Waals surface area contributed by atoms with E-state index in [1.54, 1.807) is 24.3 Å². The molecule has 2 aromatic carbocycles. The first-order valence-electron chi connectivity index (χ1n) is 8.44. The first-order chi connectivity index (χ1) is 13.3. The molecule has 0 aliphatic carbocycles. The molecule has 1 aliphatic heterocycles. The number of carbonyl (C=O) groups is 3. The Balaban J connectivity index is 1.66. The summed E-state index contributed by atoms with van der Waals surface area (Å²) in [6.45, 7) is 5.12. The highest BCUT2D eigenvalue weighted by Crippen LogP contribution is 2.31. The zero-order valence-electron chi connectivity index (χ0n) is 15.0. The Morgan fingerprint density at radius 3 is 2.25 bits per heavy atom. The van der Waals surface area contributed by atoms with Gasteiger partial charge in [-0.2, -0.15) is 0 Å². The van der Waals surface area contributed by atoms with Crippen LogP contribution in [0.1, 0.15) is 29.3 Å². The average Bonchev–Trinajstić information content (AvgIpc) is 2.88. The van der Waals surface area contributed by atoms with Crippen LogP contribution in [0.5, 0.6) is 0 Å². The molecular weight excluding hydrogens is 368 g/mol. The number of amides is 3. The number of halogens is 2. The van der Waals surface area contributed by atoms with E-state index < -0.39 is 23.4 Å². The van der Waals surface area contributed by atoms with Gasteiger partial charge in [0.2, 0.25) is 11.8 Å². The lowest BCUT2D eigenvalue weighted by Gasteiger charge is -2.17. The molecule has 0 atom stereocenters. The van der Waals surface area contributed by atoms with Gasteiger partial charge in [0.15, 0.2) is 0 Å². The second-order valence-corrected chi connectivity index (χ2v) is 6.24. The molecule has 0 unspecified atom stereocenters. The number of rotatable bonds is 5. The van der Waals surface area contributed by atoms with Gasteiger partial charge in [-0.15, -0.1) is 0 Å². The van der Waals surface area contributed by atoms with Crippen molar-refractivity contribution in [2.75, 3.05) is 17.2 Å². The van der Waals surface area contributed by atoms with Crippen LogP contribution in [0.25, 0.3) is 5.70 Å². The molecule has 0 spiro atoms. The van der Waals surface area contributed by atoms with Crippen molar-refractivity contribution in [3.05, 3.63) is 65.7 Å². The maximum atomic E-state index is 13.9. The predicted molar refractivity (Wildman–Crippen MR) is 100 cm³/mol. The molecule has 0 fully saturated rings. The van der Waals surface area contributed by atoms with Crippen molar-refractivity contribution < 1.29 is 23.2 Å². The summed E-state index contributed by atoms with van der Waals surface area (Å²) >= 11 is 0. The molecule has 2 aromatic rings. The molecule has 0 radical (unpaired) electrons. The second-order valence-electron chi connectivity index (χ2n) is 6.24. The van der Waals surface area contributed by atoms with E-state index in [-0.39, 0.29) is 30.2 Å². The number of benzene rings is 2. The fourth-order valence-corrected chi connectivity index (χ4v) is 2.93. The maximum Gasteiger partial charge on any atom is 0.258 e. The number of hydrogen-bond donors (Lipinski definition) is 2. The zero-order chi connectivity index (χ0) is 20.4. The lowest BCUT2D eigenvalue weighted by Crippen LogP contribution is -2.27. The van der Waals surface area contributed by atoms with Crippen molar-refractivity contribution in [2.24, 2.45) is 0 Å². The van der Waals surface area contributed by atoms with E-state index in [4.69, 9.17) is 0 Å². The number of hydrogen-bond acceptors (Lipinski definition) is 3. The fraction of sp³-hybridized carbons (Fsp3) is 0.150. The summed E-state index contributed by atoms with van der Waals surface area (Å²) < 4.78 is 27.6. The third-order valence-corrected chi connectivity index (χ3v) is 4.24. The highest BCUT2D eigenvalue weighted by Gasteiger charge is 2.30. The van der Waals surface area contributed by atoms with Gasteiger partial charge in [-0.05, 0) is 12.1 Å². The van der Waals surface area contributed by atoms with E-state index in [1.807, 2.05) is 0 Å². The number of fused-ring (bicyclic) bond motifs is 1. The van der Waals surface area contributed by atoms with Crippen LogP contribution in [0.2, 0.25) is 0 Å². The molecule has 28 heavy (non-hydrogen) atoms. The van der Waals surface area contributed by atoms with E-state index in [0.29, 0.717) is 22.9 Å². The molecule has 3 amide bonds. The molecule has 2 N–H and O–H groups in total. The SMILES string of the molecule is C=C1c2ccccc2C(=O)N1CCC(=O)Nc1cc(NC(C)=O)c(F)cc1F. The first kappa shape index (κ1) is 19.2. The monoisotopic (exact) mass is 385 g/mol.